The van der Waals surface area contributed by atoms with Gasteiger partial charge in [0.05, 0.1) is 22.7 Å². The Morgan fingerprint density at radius 2 is 1.64 bits per heavy atom. The molecule has 0 unspecified atom stereocenters. The Balaban J connectivity index is 2.25. The molecule has 1 amide bonds. The maximum Gasteiger partial charge on any atom is 0.418 e. The van der Waals surface area contributed by atoms with Crippen molar-refractivity contribution in [2.24, 2.45) is 0 Å². The first-order valence-electron chi connectivity index (χ1n) is 7.87. The third-order valence-electron chi connectivity index (χ3n) is 3.65. The maximum absolute atomic E-state index is 13.3. The topological polar surface area (TPSA) is 66.5 Å². The lowest BCUT2D eigenvalue weighted by atomic mass is 10.1. The van der Waals surface area contributed by atoms with Gasteiger partial charge in [-0.2, -0.15) is 17.5 Å². The van der Waals surface area contributed by atoms with Gasteiger partial charge in [0.25, 0.3) is 0 Å². The van der Waals surface area contributed by atoms with Gasteiger partial charge in [0, 0.05) is 12.6 Å². The summed E-state index contributed by atoms with van der Waals surface area (Å²) in [7, 11) is -4.45. The first-order valence-corrected chi connectivity index (χ1v) is 9.31. The average Bonchev–Trinajstić information content (AvgIpc) is 2.58. The van der Waals surface area contributed by atoms with Crippen LogP contribution < -0.4 is 5.32 Å². The Morgan fingerprint density at radius 1 is 1.07 bits per heavy atom. The largest absolute Gasteiger partial charge is 0.418 e. The molecule has 1 N–H and O–H groups in total. The molecular formula is C17H15F5N2O3S. The fourth-order valence-electron chi connectivity index (χ4n) is 2.38. The van der Waals surface area contributed by atoms with Crippen LogP contribution in [0.15, 0.2) is 47.4 Å². The van der Waals surface area contributed by atoms with E-state index in [0.29, 0.717) is 22.5 Å². The van der Waals surface area contributed by atoms with Crippen LogP contribution in [0.5, 0.6) is 0 Å². The normalized spacial score (nSPS) is 12.2. The van der Waals surface area contributed by atoms with E-state index < -0.39 is 56.4 Å². The molecule has 0 saturated carbocycles. The van der Waals surface area contributed by atoms with Crippen molar-refractivity contribution in [1.82, 2.24) is 4.31 Å². The van der Waals surface area contributed by atoms with Crippen LogP contribution in [-0.2, 0) is 21.0 Å². The summed E-state index contributed by atoms with van der Waals surface area (Å²) in [4.78, 5) is 11.4. The van der Waals surface area contributed by atoms with Gasteiger partial charge < -0.3 is 5.32 Å². The van der Waals surface area contributed by atoms with Crippen LogP contribution in [0.1, 0.15) is 12.5 Å². The second kappa shape index (κ2) is 8.23. The van der Waals surface area contributed by atoms with Crippen molar-refractivity contribution in [3.63, 3.8) is 0 Å². The highest BCUT2D eigenvalue weighted by Gasteiger charge is 2.34. The molecule has 28 heavy (non-hydrogen) atoms. The van der Waals surface area contributed by atoms with Crippen LogP contribution in [-0.4, -0.2) is 31.7 Å². The maximum atomic E-state index is 13.3. The number of rotatable bonds is 6. The second-order valence-electron chi connectivity index (χ2n) is 5.63. The molecule has 0 aliphatic heterocycles. The SMILES string of the molecule is CCN(CC(=O)Nc1ccccc1C(F)(F)F)S(=O)(=O)c1cc(F)cc(F)c1. The molecule has 0 spiro atoms. The predicted molar refractivity (Wildman–Crippen MR) is 90.9 cm³/mol. The molecule has 0 bridgehead atoms. The standard InChI is InChI=1S/C17H15F5N2O3S/c1-2-24(28(26,27)13-8-11(18)7-12(19)9-13)10-16(25)23-15-6-4-3-5-14(15)17(20,21)22/h3-9H,2,10H2,1H3,(H,23,25). The number of sulfonamides is 1. The second-order valence-corrected chi connectivity index (χ2v) is 7.57. The number of carbonyl (C=O) groups is 1. The van der Waals surface area contributed by atoms with E-state index >= 15 is 0 Å². The minimum Gasteiger partial charge on any atom is -0.324 e. The quantitative estimate of drug-likeness (QED) is 0.723. The van der Waals surface area contributed by atoms with E-state index in [0.717, 1.165) is 18.2 Å². The molecule has 0 aliphatic carbocycles. The smallest absolute Gasteiger partial charge is 0.324 e. The van der Waals surface area contributed by atoms with Gasteiger partial charge in [0.1, 0.15) is 11.6 Å². The first kappa shape index (κ1) is 21.8. The highest BCUT2D eigenvalue weighted by molar-refractivity contribution is 7.89. The number of anilines is 1. The molecule has 152 valence electrons. The molecule has 0 fully saturated rings. The summed E-state index contributed by atoms with van der Waals surface area (Å²) < 4.78 is 91.2. The molecule has 2 rings (SSSR count). The summed E-state index contributed by atoms with van der Waals surface area (Å²) in [5.74, 6) is -3.30. The van der Waals surface area contributed by atoms with Crippen molar-refractivity contribution in [2.45, 2.75) is 18.0 Å². The summed E-state index contributed by atoms with van der Waals surface area (Å²) in [6.07, 6.45) is -4.72. The molecule has 11 heteroatoms. The fraction of sp³-hybridized carbons (Fsp3) is 0.235. The van der Waals surface area contributed by atoms with E-state index in [1.807, 2.05) is 5.32 Å². The molecule has 0 aliphatic rings. The van der Waals surface area contributed by atoms with Gasteiger partial charge in [-0.15, -0.1) is 0 Å². The zero-order chi connectivity index (χ0) is 21.1. The number of benzene rings is 2. The highest BCUT2D eigenvalue weighted by atomic mass is 32.2. The highest BCUT2D eigenvalue weighted by Crippen LogP contribution is 2.34. The van der Waals surface area contributed by atoms with E-state index in [1.165, 1.54) is 13.0 Å². The number of hydrogen-bond donors (Lipinski definition) is 1. The Morgan fingerprint density at radius 3 is 2.18 bits per heavy atom. The number of para-hydroxylation sites is 1. The lowest BCUT2D eigenvalue weighted by molar-refractivity contribution is -0.137. The van der Waals surface area contributed by atoms with Crippen molar-refractivity contribution in [3.8, 4) is 0 Å². The third-order valence-corrected chi connectivity index (χ3v) is 5.55. The predicted octanol–water partition coefficient (Wildman–Crippen LogP) is 3.63. The molecule has 2 aromatic rings. The average molecular weight is 422 g/mol. The molecule has 0 heterocycles. The lowest BCUT2D eigenvalue weighted by Crippen LogP contribution is -2.38. The van der Waals surface area contributed by atoms with Crippen molar-refractivity contribution < 1.29 is 35.2 Å². The van der Waals surface area contributed by atoms with Gasteiger partial charge in [-0.3, -0.25) is 4.79 Å². The van der Waals surface area contributed by atoms with E-state index in [2.05, 4.69) is 0 Å². The minimum absolute atomic E-state index is 0.255. The van der Waals surface area contributed by atoms with E-state index in [-0.39, 0.29) is 6.54 Å². The van der Waals surface area contributed by atoms with Crippen LogP contribution in [0, 0.1) is 11.6 Å². The van der Waals surface area contributed by atoms with Crippen molar-refractivity contribution in [1.29, 1.82) is 0 Å². The van der Waals surface area contributed by atoms with Crippen LogP contribution in [0.25, 0.3) is 0 Å². The molecule has 0 atom stereocenters. The Bertz CT molecular complexity index is 957. The molecule has 0 radical (unpaired) electrons. The Kier molecular flexibility index (Phi) is 6.40. The van der Waals surface area contributed by atoms with Gasteiger partial charge >= 0.3 is 6.18 Å². The Labute approximate surface area is 157 Å². The van der Waals surface area contributed by atoms with Crippen LogP contribution in [0.3, 0.4) is 0 Å². The zero-order valence-corrected chi connectivity index (χ0v) is 15.2. The number of likely N-dealkylation sites (N-methyl/N-ethyl adjacent to an activating group) is 1. The van der Waals surface area contributed by atoms with Crippen molar-refractivity contribution in [3.05, 3.63) is 59.7 Å². The number of hydrogen-bond acceptors (Lipinski definition) is 3. The zero-order valence-electron chi connectivity index (χ0n) is 14.4. The summed E-state index contributed by atoms with van der Waals surface area (Å²) in [5.41, 5.74) is -1.63. The van der Waals surface area contributed by atoms with Gasteiger partial charge in [0.15, 0.2) is 0 Å². The number of halogens is 5. The van der Waals surface area contributed by atoms with Gasteiger partial charge in [-0.05, 0) is 24.3 Å². The number of carbonyl (C=O) groups excluding carboxylic acids is 1. The van der Waals surface area contributed by atoms with Gasteiger partial charge in [0.2, 0.25) is 15.9 Å². The summed E-state index contributed by atoms with van der Waals surface area (Å²) in [5, 5.41) is 2.01. The van der Waals surface area contributed by atoms with Crippen LogP contribution >= 0.6 is 0 Å². The van der Waals surface area contributed by atoms with Gasteiger partial charge in [-0.1, -0.05) is 19.1 Å². The van der Waals surface area contributed by atoms with E-state index in [1.54, 1.807) is 0 Å². The Hall–Kier alpha value is -2.53. The third kappa shape index (κ3) is 5.04. The van der Waals surface area contributed by atoms with Crippen LogP contribution in [0.4, 0.5) is 27.6 Å². The van der Waals surface area contributed by atoms with E-state index in [4.69, 9.17) is 0 Å². The molecule has 0 saturated heterocycles. The summed E-state index contributed by atoms with van der Waals surface area (Å²) in [6.45, 7) is 0.266. The molecular weight excluding hydrogens is 407 g/mol. The van der Waals surface area contributed by atoms with Crippen molar-refractivity contribution >= 4 is 21.6 Å². The molecule has 0 aromatic heterocycles. The molecule has 5 nitrogen and oxygen atoms in total. The van der Waals surface area contributed by atoms with Gasteiger partial charge in [-0.25, -0.2) is 17.2 Å². The van der Waals surface area contributed by atoms with Crippen LogP contribution in [0.2, 0.25) is 0 Å². The monoisotopic (exact) mass is 422 g/mol. The number of amides is 1. The summed E-state index contributed by atoms with van der Waals surface area (Å²) in [6, 6.07) is 5.84. The minimum atomic E-state index is -4.72. The number of nitrogens with zero attached hydrogens (tertiary/aromatic N) is 1. The summed E-state index contributed by atoms with van der Waals surface area (Å²) >= 11 is 0. The number of nitrogens with one attached hydrogen (secondary N) is 1. The fourth-order valence-corrected chi connectivity index (χ4v) is 3.83. The lowest BCUT2D eigenvalue weighted by Gasteiger charge is -2.21. The molecule has 2 aromatic carbocycles. The first-order chi connectivity index (χ1) is 12.9. The van der Waals surface area contributed by atoms with Crippen molar-refractivity contribution in [2.75, 3.05) is 18.4 Å². The number of alkyl halides is 3. The van der Waals surface area contributed by atoms with E-state index in [9.17, 15) is 35.2 Å².